The first-order chi connectivity index (χ1) is 5.04. The average Bonchev–Trinajstić information content (AvgIpc) is 1.89. The van der Waals surface area contributed by atoms with Crippen molar-refractivity contribution in [2.45, 2.75) is 19.4 Å². The molecule has 0 saturated heterocycles. The molecule has 0 aliphatic rings. The fourth-order valence-electron chi connectivity index (χ4n) is 0.187. The van der Waals surface area contributed by atoms with E-state index in [4.69, 9.17) is 10.2 Å². The van der Waals surface area contributed by atoms with Gasteiger partial charge in [-0.1, -0.05) is 0 Å². The van der Waals surface area contributed by atoms with Crippen molar-refractivity contribution in [3.8, 4) is 0 Å². The highest BCUT2D eigenvalue weighted by molar-refractivity contribution is 5.45. The van der Waals surface area contributed by atoms with Gasteiger partial charge in [0.05, 0.1) is 6.10 Å². The molecule has 0 fully saturated rings. The Morgan fingerprint density at radius 2 is 1.91 bits per heavy atom. The largest absolute Gasteiger partial charge is 0.396 e. The zero-order valence-electron chi connectivity index (χ0n) is 7.32. The van der Waals surface area contributed by atoms with Crippen LogP contribution in [0.25, 0.3) is 0 Å². The molecule has 68 valence electrons. The second kappa shape index (κ2) is 9.39. The van der Waals surface area contributed by atoms with Gasteiger partial charge in [0.15, 0.2) is 0 Å². The van der Waals surface area contributed by atoms with Crippen LogP contribution in [0.5, 0.6) is 0 Å². The molecule has 1 atom stereocenters. The lowest BCUT2D eigenvalue weighted by Crippen LogP contribution is -2.06. The lowest BCUT2D eigenvalue weighted by atomic mass is 10.3. The van der Waals surface area contributed by atoms with E-state index in [1.807, 2.05) is 0 Å². The van der Waals surface area contributed by atoms with Crippen LogP contribution in [0, 0.1) is 0 Å². The normalized spacial score (nSPS) is 11.0. The van der Waals surface area contributed by atoms with Crippen LogP contribution in [0.2, 0.25) is 0 Å². The molecule has 0 aromatic rings. The van der Waals surface area contributed by atoms with Crippen LogP contribution in [-0.4, -0.2) is 48.3 Å². The fraction of sp³-hybridized carbons (Fsp3) is 0.857. The molecule has 0 bridgehead atoms. The van der Waals surface area contributed by atoms with Crippen LogP contribution in [0.3, 0.4) is 0 Å². The first kappa shape index (κ1) is 13.0. The van der Waals surface area contributed by atoms with E-state index in [-0.39, 0.29) is 12.7 Å². The topological polar surface area (TPSA) is 60.8 Å². The van der Waals surface area contributed by atoms with Crippen molar-refractivity contribution in [2.24, 2.45) is 0 Å². The third-order valence-electron chi connectivity index (χ3n) is 0.758. The van der Waals surface area contributed by atoms with Crippen LogP contribution >= 0.6 is 0 Å². The third-order valence-corrected chi connectivity index (χ3v) is 0.758. The summed E-state index contributed by atoms with van der Waals surface area (Å²) >= 11 is 0. The molecule has 0 heterocycles. The highest BCUT2D eigenvalue weighted by atomic mass is 16.3. The van der Waals surface area contributed by atoms with E-state index in [2.05, 4.69) is 0 Å². The maximum Gasteiger partial charge on any atom is 0.209 e. The van der Waals surface area contributed by atoms with Crippen LogP contribution < -0.4 is 0 Å². The summed E-state index contributed by atoms with van der Waals surface area (Å²) < 4.78 is 0. The molecule has 0 aliphatic carbocycles. The second-order valence-electron chi connectivity index (χ2n) is 2.43. The molecule has 0 aromatic carbocycles. The van der Waals surface area contributed by atoms with E-state index >= 15 is 0 Å². The van der Waals surface area contributed by atoms with E-state index in [0.29, 0.717) is 6.42 Å². The molecule has 0 saturated carbocycles. The van der Waals surface area contributed by atoms with Crippen LogP contribution in [-0.2, 0) is 4.79 Å². The van der Waals surface area contributed by atoms with Gasteiger partial charge >= 0.3 is 0 Å². The van der Waals surface area contributed by atoms with E-state index in [1.165, 1.54) is 4.90 Å². The Balaban J connectivity index is 0. The Morgan fingerprint density at radius 3 is 1.91 bits per heavy atom. The van der Waals surface area contributed by atoms with Gasteiger partial charge in [-0.15, -0.1) is 0 Å². The smallest absolute Gasteiger partial charge is 0.209 e. The second-order valence-corrected chi connectivity index (χ2v) is 2.43. The summed E-state index contributed by atoms with van der Waals surface area (Å²) in [5.74, 6) is 0. The monoisotopic (exact) mass is 163 g/mol. The molecular formula is C7H17NO3. The maximum absolute atomic E-state index is 9.43. The lowest BCUT2D eigenvalue weighted by Gasteiger charge is -1.95. The summed E-state index contributed by atoms with van der Waals surface area (Å²) in [5, 5.41) is 16.5. The molecule has 1 unspecified atom stereocenters. The van der Waals surface area contributed by atoms with E-state index < -0.39 is 0 Å². The molecule has 0 aliphatic heterocycles. The van der Waals surface area contributed by atoms with Crippen molar-refractivity contribution in [2.75, 3.05) is 20.7 Å². The summed E-state index contributed by atoms with van der Waals surface area (Å²) in [6.07, 6.45) is 0.884. The quantitative estimate of drug-likeness (QED) is 0.549. The molecule has 0 rings (SSSR count). The number of carbonyl (C=O) groups is 1. The molecule has 0 spiro atoms. The van der Waals surface area contributed by atoms with Crippen molar-refractivity contribution >= 4 is 6.41 Å². The zero-order valence-corrected chi connectivity index (χ0v) is 7.32. The van der Waals surface area contributed by atoms with Crippen LogP contribution in [0.1, 0.15) is 13.3 Å². The molecular weight excluding hydrogens is 146 g/mol. The number of aliphatic hydroxyl groups is 2. The first-order valence-corrected chi connectivity index (χ1v) is 3.45. The highest BCUT2D eigenvalue weighted by Crippen LogP contribution is 1.83. The van der Waals surface area contributed by atoms with E-state index in [9.17, 15) is 4.79 Å². The molecule has 0 radical (unpaired) electrons. The zero-order chi connectivity index (χ0) is 9.28. The predicted molar refractivity (Wildman–Crippen MR) is 43.1 cm³/mol. The lowest BCUT2D eigenvalue weighted by molar-refractivity contribution is -0.115. The fourth-order valence-corrected chi connectivity index (χ4v) is 0.187. The van der Waals surface area contributed by atoms with Crippen molar-refractivity contribution in [1.82, 2.24) is 4.90 Å². The average molecular weight is 163 g/mol. The number of carbonyl (C=O) groups excluding carboxylic acids is 1. The SMILES string of the molecule is CC(O)CCO.CN(C)C=O. The summed E-state index contributed by atoms with van der Waals surface area (Å²) in [6, 6.07) is 0. The number of rotatable bonds is 3. The molecule has 0 aromatic heterocycles. The van der Waals surface area contributed by atoms with Crippen LogP contribution in [0.15, 0.2) is 0 Å². The van der Waals surface area contributed by atoms with Crippen molar-refractivity contribution in [3.63, 3.8) is 0 Å². The number of hydrogen-bond acceptors (Lipinski definition) is 3. The standard InChI is InChI=1S/C4H10O2.C3H7NO/c1-4(6)2-3-5;1-4(2)3-5/h4-6H,2-3H2,1H3;3H,1-2H3. The van der Waals surface area contributed by atoms with Gasteiger partial charge in [0.25, 0.3) is 0 Å². The number of hydrogen-bond donors (Lipinski definition) is 2. The summed E-state index contributed by atoms with van der Waals surface area (Å²) in [4.78, 5) is 10.9. The Kier molecular flexibility index (Phi) is 11.1. The maximum atomic E-state index is 9.43. The minimum Gasteiger partial charge on any atom is -0.396 e. The summed E-state index contributed by atoms with van der Waals surface area (Å²) in [7, 11) is 3.38. The van der Waals surface area contributed by atoms with Gasteiger partial charge in [-0.05, 0) is 13.3 Å². The van der Waals surface area contributed by atoms with Gasteiger partial charge < -0.3 is 15.1 Å². The minimum atomic E-state index is -0.352. The molecule has 11 heavy (non-hydrogen) atoms. The van der Waals surface area contributed by atoms with Crippen molar-refractivity contribution < 1.29 is 15.0 Å². The summed E-state index contributed by atoms with van der Waals surface area (Å²) in [5.41, 5.74) is 0. The first-order valence-electron chi connectivity index (χ1n) is 3.45. The van der Waals surface area contributed by atoms with E-state index in [1.54, 1.807) is 21.0 Å². The number of aliphatic hydroxyl groups excluding tert-OH is 2. The number of nitrogens with zero attached hydrogens (tertiary/aromatic N) is 1. The predicted octanol–water partition coefficient (Wildman–Crippen LogP) is -0.546. The van der Waals surface area contributed by atoms with E-state index in [0.717, 1.165) is 6.41 Å². The van der Waals surface area contributed by atoms with Gasteiger partial charge in [-0.2, -0.15) is 0 Å². The third kappa shape index (κ3) is 26.6. The van der Waals surface area contributed by atoms with Gasteiger partial charge in [0.2, 0.25) is 6.41 Å². The Bertz CT molecular complexity index is 83.8. The molecule has 4 nitrogen and oxygen atoms in total. The van der Waals surface area contributed by atoms with Gasteiger partial charge in [0.1, 0.15) is 0 Å². The minimum absolute atomic E-state index is 0.0810. The summed E-state index contributed by atoms with van der Waals surface area (Å²) in [6.45, 7) is 1.73. The van der Waals surface area contributed by atoms with Gasteiger partial charge in [-0.25, -0.2) is 0 Å². The van der Waals surface area contributed by atoms with Crippen molar-refractivity contribution in [3.05, 3.63) is 0 Å². The highest BCUT2D eigenvalue weighted by Gasteiger charge is 1.88. The van der Waals surface area contributed by atoms with Crippen molar-refractivity contribution in [1.29, 1.82) is 0 Å². The molecule has 2 N–H and O–H groups in total. The Labute approximate surface area is 67.4 Å². The van der Waals surface area contributed by atoms with Gasteiger partial charge in [0, 0.05) is 20.7 Å². The number of amides is 1. The van der Waals surface area contributed by atoms with Gasteiger partial charge in [-0.3, -0.25) is 4.79 Å². The molecule has 4 heteroatoms. The Hall–Kier alpha value is -0.610. The Morgan fingerprint density at radius 1 is 1.55 bits per heavy atom. The van der Waals surface area contributed by atoms with Crippen LogP contribution in [0.4, 0.5) is 0 Å². The molecule has 1 amide bonds.